The maximum absolute atomic E-state index is 4.60. The Morgan fingerprint density at radius 1 is 0.517 bits per heavy atom. The molecule has 2 aromatic rings. The van der Waals surface area contributed by atoms with E-state index in [1.54, 1.807) is 0 Å². The fourth-order valence-electron chi connectivity index (χ4n) is 3.85. The molecule has 1 aromatic carbocycles. The lowest BCUT2D eigenvalue weighted by atomic mass is 10.0. The molecule has 0 amide bonds. The highest BCUT2D eigenvalue weighted by molar-refractivity contribution is 5.55. The maximum atomic E-state index is 4.60. The van der Waals surface area contributed by atoms with Crippen LogP contribution in [0.2, 0.25) is 0 Å². The number of aryl methyl sites for hydroxylation is 2. The molecule has 0 unspecified atom stereocenters. The van der Waals surface area contributed by atoms with Crippen molar-refractivity contribution in [3.63, 3.8) is 0 Å². The number of benzene rings is 1. The van der Waals surface area contributed by atoms with Gasteiger partial charge in [-0.05, 0) is 36.8 Å². The van der Waals surface area contributed by atoms with Crippen molar-refractivity contribution in [1.29, 1.82) is 0 Å². The molecule has 1 aromatic heterocycles. The Morgan fingerprint density at radius 3 is 1.48 bits per heavy atom. The molecule has 0 fully saturated rings. The molecule has 0 N–H and O–H groups in total. The average Bonchev–Trinajstić information content (AvgIpc) is 2.76. The van der Waals surface area contributed by atoms with Crippen molar-refractivity contribution in [2.75, 3.05) is 0 Å². The summed E-state index contributed by atoms with van der Waals surface area (Å²) in [5.74, 6) is 0.846. The third-order valence-corrected chi connectivity index (χ3v) is 5.81. The number of hydrogen-bond donors (Lipinski definition) is 0. The van der Waals surface area contributed by atoms with Crippen LogP contribution in [0.25, 0.3) is 11.4 Å². The van der Waals surface area contributed by atoms with Crippen LogP contribution in [0.15, 0.2) is 36.7 Å². The highest BCUT2D eigenvalue weighted by atomic mass is 14.9. The molecule has 0 atom stereocenters. The van der Waals surface area contributed by atoms with Crippen LogP contribution in [0, 0.1) is 0 Å². The number of hydrogen-bond acceptors (Lipinski definition) is 2. The predicted molar refractivity (Wildman–Crippen MR) is 126 cm³/mol. The highest BCUT2D eigenvalue weighted by Crippen LogP contribution is 2.18. The van der Waals surface area contributed by atoms with E-state index in [1.807, 2.05) is 12.4 Å². The van der Waals surface area contributed by atoms with Gasteiger partial charge in [0.2, 0.25) is 0 Å². The third-order valence-electron chi connectivity index (χ3n) is 5.81. The lowest BCUT2D eigenvalue weighted by Gasteiger charge is -2.06. The molecule has 0 aliphatic rings. The van der Waals surface area contributed by atoms with Gasteiger partial charge in [-0.25, -0.2) is 9.97 Å². The van der Waals surface area contributed by atoms with Gasteiger partial charge in [0.05, 0.1) is 0 Å². The molecule has 2 heteroatoms. The second kappa shape index (κ2) is 15.2. The summed E-state index contributed by atoms with van der Waals surface area (Å²) in [5.41, 5.74) is 3.82. The summed E-state index contributed by atoms with van der Waals surface area (Å²) in [4.78, 5) is 9.20. The minimum atomic E-state index is 0.846. The molecule has 0 saturated carbocycles. The fraction of sp³-hybridized carbons (Fsp3) is 0.630. The number of unbranched alkanes of at least 4 members (excludes halogenated alkanes) is 11. The molecule has 0 saturated heterocycles. The summed E-state index contributed by atoms with van der Waals surface area (Å²) < 4.78 is 0. The van der Waals surface area contributed by atoms with Gasteiger partial charge < -0.3 is 0 Å². The molecular weight excluding hydrogens is 352 g/mol. The first-order valence-electron chi connectivity index (χ1n) is 12.2. The van der Waals surface area contributed by atoms with Crippen LogP contribution in [0.4, 0.5) is 0 Å². The van der Waals surface area contributed by atoms with Crippen molar-refractivity contribution in [2.24, 2.45) is 0 Å². The average molecular weight is 395 g/mol. The van der Waals surface area contributed by atoms with Crippen LogP contribution in [-0.2, 0) is 12.8 Å². The van der Waals surface area contributed by atoms with Gasteiger partial charge in [0.25, 0.3) is 0 Å². The number of aromatic nitrogens is 2. The number of rotatable bonds is 16. The summed E-state index contributed by atoms with van der Waals surface area (Å²) in [6.45, 7) is 4.54. The van der Waals surface area contributed by atoms with Gasteiger partial charge in [0.15, 0.2) is 5.82 Å². The van der Waals surface area contributed by atoms with E-state index in [9.17, 15) is 0 Å². The molecule has 0 spiro atoms. The molecule has 29 heavy (non-hydrogen) atoms. The monoisotopic (exact) mass is 394 g/mol. The molecular formula is C27H42N2. The fourth-order valence-corrected chi connectivity index (χ4v) is 3.85. The number of nitrogens with zero attached hydrogens (tertiary/aromatic N) is 2. The van der Waals surface area contributed by atoms with Crippen molar-refractivity contribution in [2.45, 2.75) is 110 Å². The molecule has 160 valence electrons. The first-order chi connectivity index (χ1) is 14.3. The van der Waals surface area contributed by atoms with Crippen LogP contribution in [0.1, 0.15) is 108 Å². The van der Waals surface area contributed by atoms with Crippen LogP contribution in [-0.4, -0.2) is 9.97 Å². The third kappa shape index (κ3) is 10.1. The summed E-state index contributed by atoms with van der Waals surface area (Å²) in [5, 5.41) is 0. The molecule has 0 aliphatic heterocycles. The second-order valence-electron chi connectivity index (χ2n) is 8.50. The van der Waals surface area contributed by atoms with Gasteiger partial charge in [-0.2, -0.15) is 0 Å². The minimum Gasteiger partial charge on any atom is -0.236 e. The predicted octanol–water partition coefficient (Wildman–Crippen LogP) is 8.34. The van der Waals surface area contributed by atoms with Gasteiger partial charge in [0, 0.05) is 18.0 Å². The summed E-state index contributed by atoms with van der Waals surface area (Å²) >= 11 is 0. The van der Waals surface area contributed by atoms with Gasteiger partial charge in [-0.1, -0.05) is 109 Å². The van der Waals surface area contributed by atoms with E-state index in [2.05, 4.69) is 48.1 Å². The van der Waals surface area contributed by atoms with E-state index >= 15 is 0 Å². The first kappa shape index (κ1) is 23.6. The normalized spacial score (nSPS) is 11.1. The van der Waals surface area contributed by atoms with Crippen LogP contribution >= 0.6 is 0 Å². The van der Waals surface area contributed by atoms with Crippen molar-refractivity contribution >= 4 is 0 Å². The zero-order valence-corrected chi connectivity index (χ0v) is 19.0. The van der Waals surface area contributed by atoms with E-state index in [0.717, 1.165) is 17.8 Å². The SMILES string of the molecule is CCCCCCCCCCc1ccc(-c2ncc(CCCCCCC)cn2)cc1. The zero-order chi connectivity index (χ0) is 20.6. The zero-order valence-electron chi connectivity index (χ0n) is 19.0. The van der Waals surface area contributed by atoms with Gasteiger partial charge >= 0.3 is 0 Å². The molecule has 2 rings (SSSR count). The molecule has 2 nitrogen and oxygen atoms in total. The standard InChI is InChI=1S/C27H42N2/c1-3-5-7-9-10-11-13-14-16-24-18-20-26(21-19-24)27-28-22-25(23-29-27)17-15-12-8-6-4-2/h18-23H,3-17H2,1-2H3. The van der Waals surface area contributed by atoms with E-state index in [-0.39, 0.29) is 0 Å². The Bertz CT molecular complexity index is 631. The van der Waals surface area contributed by atoms with E-state index in [4.69, 9.17) is 0 Å². The smallest absolute Gasteiger partial charge is 0.159 e. The Balaban J connectivity index is 1.67. The maximum Gasteiger partial charge on any atom is 0.159 e. The molecule has 0 bridgehead atoms. The van der Waals surface area contributed by atoms with Crippen molar-refractivity contribution in [3.8, 4) is 11.4 Å². The van der Waals surface area contributed by atoms with Gasteiger partial charge in [-0.3, -0.25) is 0 Å². The largest absolute Gasteiger partial charge is 0.236 e. The first-order valence-corrected chi connectivity index (χ1v) is 12.2. The highest BCUT2D eigenvalue weighted by Gasteiger charge is 2.03. The second-order valence-corrected chi connectivity index (χ2v) is 8.50. The van der Waals surface area contributed by atoms with E-state index in [1.165, 1.54) is 101 Å². The van der Waals surface area contributed by atoms with E-state index < -0.39 is 0 Å². The quantitative estimate of drug-likeness (QED) is 0.267. The van der Waals surface area contributed by atoms with Gasteiger partial charge in [0.1, 0.15) is 0 Å². The minimum absolute atomic E-state index is 0.846. The summed E-state index contributed by atoms with van der Waals surface area (Å²) in [6, 6.07) is 8.86. The van der Waals surface area contributed by atoms with Crippen molar-refractivity contribution < 1.29 is 0 Å². The topological polar surface area (TPSA) is 25.8 Å². The van der Waals surface area contributed by atoms with Gasteiger partial charge in [-0.15, -0.1) is 0 Å². The Hall–Kier alpha value is -1.70. The lowest BCUT2D eigenvalue weighted by molar-refractivity contribution is 0.575. The Morgan fingerprint density at radius 2 is 0.966 bits per heavy atom. The van der Waals surface area contributed by atoms with Crippen LogP contribution in [0.5, 0.6) is 0 Å². The summed E-state index contributed by atoms with van der Waals surface area (Å²) in [7, 11) is 0. The molecule has 0 radical (unpaired) electrons. The Labute approximate surface area is 179 Å². The lowest BCUT2D eigenvalue weighted by Crippen LogP contribution is -1.94. The van der Waals surface area contributed by atoms with Crippen molar-refractivity contribution in [3.05, 3.63) is 47.8 Å². The van der Waals surface area contributed by atoms with Crippen molar-refractivity contribution in [1.82, 2.24) is 9.97 Å². The Kier molecular flexibility index (Phi) is 12.3. The van der Waals surface area contributed by atoms with Crippen LogP contribution in [0.3, 0.4) is 0 Å². The molecule has 0 aliphatic carbocycles. The van der Waals surface area contributed by atoms with Crippen LogP contribution < -0.4 is 0 Å². The molecule has 1 heterocycles. The van der Waals surface area contributed by atoms with E-state index in [0.29, 0.717) is 0 Å². The summed E-state index contributed by atoms with van der Waals surface area (Å²) in [6.07, 6.45) is 23.9.